The van der Waals surface area contributed by atoms with Gasteiger partial charge in [-0.2, -0.15) is 5.26 Å². The standard InChI is InChI=1S/C16H17N3O/c1-12(10-17)11-19(2)16(20)18-15-9-5-7-13-6-3-4-8-14(13)15/h3-9,12H,11H2,1-2H3,(H,18,20). The first-order chi connectivity index (χ1) is 9.61. The van der Waals surface area contributed by atoms with Crippen LogP contribution in [0.5, 0.6) is 0 Å². The van der Waals surface area contributed by atoms with Crippen LogP contribution in [0.25, 0.3) is 10.8 Å². The quantitative estimate of drug-likeness (QED) is 0.925. The van der Waals surface area contributed by atoms with E-state index in [1.165, 1.54) is 4.90 Å². The Bertz CT molecular complexity index is 655. The molecule has 0 radical (unpaired) electrons. The van der Waals surface area contributed by atoms with Gasteiger partial charge in [-0.25, -0.2) is 4.79 Å². The number of fused-ring (bicyclic) bond motifs is 1. The minimum Gasteiger partial charge on any atom is -0.326 e. The van der Waals surface area contributed by atoms with Gasteiger partial charge in [0.1, 0.15) is 0 Å². The smallest absolute Gasteiger partial charge is 0.321 e. The Hall–Kier alpha value is -2.54. The SMILES string of the molecule is CC(C#N)CN(C)C(=O)Nc1cccc2ccccc12. The van der Waals surface area contributed by atoms with Gasteiger partial charge in [0.25, 0.3) is 0 Å². The van der Waals surface area contributed by atoms with Gasteiger partial charge in [0, 0.05) is 19.0 Å². The lowest BCUT2D eigenvalue weighted by molar-refractivity contribution is 0.219. The Kier molecular flexibility index (Phi) is 4.21. The molecule has 20 heavy (non-hydrogen) atoms. The number of nitrogens with zero attached hydrogens (tertiary/aromatic N) is 2. The summed E-state index contributed by atoms with van der Waals surface area (Å²) >= 11 is 0. The van der Waals surface area contributed by atoms with Crippen LogP contribution in [0.1, 0.15) is 6.92 Å². The minimum atomic E-state index is -0.205. The van der Waals surface area contributed by atoms with Crippen LogP contribution in [0.15, 0.2) is 42.5 Å². The fraction of sp³-hybridized carbons (Fsp3) is 0.250. The number of anilines is 1. The molecule has 1 atom stereocenters. The summed E-state index contributed by atoms with van der Waals surface area (Å²) in [5.74, 6) is -0.182. The van der Waals surface area contributed by atoms with Gasteiger partial charge in [-0.05, 0) is 18.4 Å². The van der Waals surface area contributed by atoms with E-state index in [-0.39, 0.29) is 11.9 Å². The summed E-state index contributed by atoms with van der Waals surface area (Å²) in [5, 5.41) is 13.8. The van der Waals surface area contributed by atoms with Crippen molar-refractivity contribution in [3.8, 4) is 6.07 Å². The average molecular weight is 267 g/mol. The predicted octanol–water partition coefficient (Wildman–Crippen LogP) is 3.46. The van der Waals surface area contributed by atoms with Crippen molar-refractivity contribution in [3.05, 3.63) is 42.5 Å². The second-order valence-electron chi connectivity index (χ2n) is 4.87. The van der Waals surface area contributed by atoms with E-state index in [1.54, 1.807) is 14.0 Å². The molecule has 0 spiro atoms. The molecule has 4 nitrogen and oxygen atoms in total. The van der Waals surface area contributed by atoms with Crippen molar-refractivity contribution in [2.24, 2.45) is 5.92 Å². The number of urea groups is 1. The molecule has 102 valence electrons. The molecular weight excluding hydrogens is 250 g/mol. The van der Waals surface area contributed by atoms with Gasteiger partial charge < -0.3 is 10.2 Å². The number of benzene rings is 2. The second kappa shape index (κ2) is 6.07. The summed E-state index contributed by atoms with van der Waals surface area (Å²) in [6, 6.07) is 15.6. The third-order valence-electron chi connectivity index (χ3n) is 3.15. The topological polar surface area (TPSA) is 56.1 Å². The second-order valence-corrected chi connectivity index (χ2v) is 4.87. The van der Waals surface area contributed by atoms with Crippen molar-refractivity contribution in [1.82, 2.24) is 4.90 Å². The number of hydrogen-bond donors (Lipinski definition) is 1. The summed E-state index contributed by atoms with van der Waals surface area (Å²) in [7, 11) is 1.69. The van der Waals surface area contributed by atoms with Gasteiger partial charge in [0.15, 0.2) is 0 Å². The minimum absolute atomic E-state index is 0.182. The highest BCUT2D eigenvalue weighted by Crippen LogP contribution is 2.23. The van der Waals surface area contributed by atoms with Gasteiger partial charge in [-0.15, -0.1) is 0 Å². The molecule has 2 aromatic carbocycles. The molecule has 1 N–H and O–H groups in total. The van der Waals surface area contributed by atoms with Crippen LogP contribution in [0.4, 0.5) is 10.5 Å². The zero-order valence-corrected chi connectivity index (χ0v) is 11.6. The highest BCUT2D eigenvalue weighted by Gasteiger charge is 2.13. The highest BCUT2D eigenvalue weighted by atomic mass is 16.2. The zero-order chi connectivity index (χ0) is 14.5. The molecule has 2 rings (SSSR count). The van der Waals surface area contributed by atoms with Crippen LogP contribution in [-0.4, -0.2) is 24.5 Å². The Labute approximate surface area is 118 Å². The maximum absolute atomic E-state index is 12.1. The molecule has 0 aliphatic heterocycles. The van der Waals surface area contributed by atoms with E-state index in [1.807, 2.05) is 42.5 Å². The van der Waals surface area contributed by atoms with Gasteiger partial charge in [0.05, 0.1) is 17.7 Å². The normalized spacial score (nSPS) is 11.7. The molecular formula is C16H17N3O. The van der Waals surface area contributed by atoms with Crippen LogP contribution in [0.2, 0.25) is 0 Å². The summed E-state index contributed by atoms with van der Waals surface area (Å²) in [6.45, 7) is 2.20. The summed E-state index contributed by atoms with van der Waals surface area (Å²) in [4.78, 5) is 13.6. The molecule has 1 unspecified atom stereocenters. The highest BCUT2D eigenvalue weighted by molar-refractivity contribution is 6.01. The van der Waals surface area contributed by atoms with Crippen molar-refractivity contribution in [1.29, 1.82) is 5.26 Å². The average Bonchev–Trinajstić information content (AvgIpc) is 2.47. The van der Waals surface area contributed by atoms with E-state index in [9.17, 15) is 4.79 Å². The maximum Gasteiger partial charge on any atom is 0.321 e. The Morgan fingerprint density at radius 3 is 2.75 bits per heavy atom. The molecule has 0 fully saturated rings. The Morgan fingerprint density at radius 2 is 2.00 bits per heavy atom. The van der Waals surface area contributed by atoms with E-state index in [2.05, 4.69) is 11.4 Å². The molecule has 0 bridgehead atoms. The lowest BCUT2D eigenvalue weighted by atomic mass is 10.1. The van der Waals surface area contributed by atoms with Crippen molar-refractivity contribution in [2.75, 3.05) is 18.9 Å². The first kappa shape index (κ1) is 13.9. The van der Waals surface area contributed by atoms with Gasteiger partial charge >= 0.3 is 6.03 Å². The number of carbonyl (C=O) groups is 1. The molecule has 2 aromatic rings. The predicted molar refractivity (Wildman–Crippen MR) is 80.4 cm³/mol. The van der Waals surface area contributed by atoms with Crippen molar-refractivity contribution in [2.45, 2.75) is 6.92 Å². The molecule has 0 aromatic heterocycles. The van der Waals surface area contributed by atoms with Crippen LogP contribution >= 0.6 is 0 Å². The largest absolute Gasteiger partial charge is 0.326 e. The van der Waals surface area contributed by atoms with E-state index < -0.39 is 0 Å². The summed E-state index contributed by atoms with van der Waals surface area (Å²) < 4.78 is 0. The van der Waals surface area contributed by atoms with Crippen molar-refractivity contribution >= 4 is 22.5 Å². The number of hydrogen-bond acceptors (Lipinski definition) is 2. The third-order valence-corrected chi connectivity index (χ3v) is 3.15. The van der Waals surface area contributed by atoms with Gasteiger partial charge in [-0.1, -0.05) is 36.4 Å². The number of carbonyl (C=O) groups excluding carboxylic acids is 1. The molecule has 4 heteroatoms. The molecule has 0 aliphatic carbocycles. The Balaban J connectivity index is 2.16. The number of rotatable bonds is 3. The zero-order valence-electron chi connectivity index (χ0n) is 11.6. The first-order valence-corrected chi connectivity index (χ1v) is 6.51. The maximum atomic E-state index is 12.1. The first-order valence-electron chi connectivity index (χ1n) is 6.51. The van der Waals surface area contributed by atoms with Gasteiger partial charge in [-0.3, -0.25) is 0 Å². The van der Waals surface area contributed by atoms with Gasteiger partial charge in [0.2, 0.25) is 0 Å². The van der Waals surface area contributed by atoms with E-state index >= 15 is 0 Å². The van der Waals surface area contributed by atoms with E-state index in [0.717, 1.165) is 16.5 Å². The van der Waals surface area contributed by atoms with Crippen molar-refractivity contribution in [3.63, 3.8) is 0 Å². The molecule has 0 heterocycles. The van der Waals surface area contributed by atoms with Crippen molar-refractivity contribution < 1.29 is 4.79 Å². The van der Waals surface area contributed by atoms with Crippen LogP contribution < -0.4 is 5.32 Å². The molecule has 0 saturated carbocycles. The van der Waals surface area contributed by atoms with Crippen LogP contribution in [0, 0.1) is 17.2 Å². The lowest BCUT2D eigenvalue weighted by Gasteiger charge is -2.19. The monoisotopic (exact) mass is 267 g/mol. The summed E-state index contributed by atoms with van der Waals surface area (Å²) in [6.07, 6.45) is 0. The molecule has 0 aliphatic rings. The molecule has 0 saturated heterocycles. The lowest BCUT2D eigenvalue weighted by Crippen LogP contribution is -2.34. The Morgan fingerprint density at radius 1 is 1.30 bits per heavy atom. The van der Waals surface area contributed by atoms with Crippen LogP contribution in [0.3, 0.4) is 0 Å². The molecule has 2 amide bonds. The number of nitrogens with one attached hydrogen (secondary N) is 1. The van der Waals surface area contributed by atoms with E-state index in [4.69, 9.17) is 5.26 Å². The number of amides is 2. The van der Waals surface area contributed by atoms with Crippen LogP contribution in [-0.2, 0) is 0 Å². The summed E-state index contributed by atoms with van der Waals surface area (Å²) in [5.41, 5.74) is 0.782. The number of nitriles is 1. The third kappa shape index (κ3) is 3.07. The fourth-order valence-electron chi connectivity index (χ4n) is 2.08. The van der Waals surface area contributed by atoms with E-state index in [0.29, 0.717) is 6.54 Å². The fourth-order valence-corrected chi connectivity index (χ4v) is 2.08.